The van der Waals surface area contributed by atoms with Gasteiger partial charge in [0.2, 0.25) is 5.95 Å². The summed E-state index contributed by atoms with van der Waals surface area (Å²) in [7, 11) is -4.84. The quantitative estimate of drug-likeness (QED) is 0.466. The summed E-state index contributed by atoms with van der Waals surface area (Å²) in [5.41, 5.74) is 0.546. The molecular weight excluding hydrogens is 422 g/mol. The van der Waals surface area contributed by atoms with Crippen LogP contribution in [-0.2, 0) is 13.9 Å². The molecule has 12 nitrogen and oxygen atoms in total. The summed E-state index contributed by atoms with van der Waals surface area (Å²) in [6.07, 6.45) is 0.0293. The molecule has 30 heavy (non-hydrogen) atoms. The van der Waals surface area contributed by atoms with Crippen molar-refractivity contribution in [1.29, 1.82) is 0 Å². The molecule has 0 radical (unpaired) electrons. The Morgan fingerprint density at radius 3 is 2.83 bits per heavy atom. The SMILES string of the molecule is C=C(C)Nc1ncc(F)c(Nc2ccc3c(n2)N(COP(=O)(O)O)C(=O)C(C)O3)n1. The zero-order chi connectivity index (χ0) is 22.1. The minimum atomic E-state index is -4.84. The molecule has 0 aromatic carbocycles. The van der Waals surface area contributed by atoms with Crippen molar-refractivity contribution in [3.8, 4) is 5.75 Å². The van der Waals surface area contributed by atoms with Crippen LogP contribution in [0, 0.1) is 5.82 Å². The number of allylic oxidation sites excluding steroid dienone is 1. The smallest absolute Gasteiger partial charge is 0.471 e. The van der Waals surface area contributed by atoms with Crippen molar-refractivity contribution in [1.82, 2.24) is 15.0 Å². The van der Waals surface area contributed by atoms with Gasteiger partial charge in [0.05, 0.1) is 6.20 Å². The summed E-state index contributed by atoms with van der Waals surface area (Å²) in [6.45, 7) is 6.04. The molecule has 14 heteroatoms. The summed E-state index contributed by atoms with van der Waals surface area (Å²) in [5, 5.41) is 5.41. The van der Waals surface area contributed by atoms with E-state index in [2.05, 4.69) is 36.7 Å². The van der Waals surface area contributed by atoms with Gasteiger partial charge in [-0.15, -0.1) is 0 Å². The highest BCUT2D eigenvalue weighted by Gasteiger charge is 2.34. The van der Waals surface area contributed by atoms with E-state index in [0.29, 0.717) is 5.70 Å². The highest BCUT2D eigenvalue weighted by Crippen LogP contribution is 2.39. The molecule has 1 aliphatic heterocycles. The lowest BCUT2D eigenvalue weighted by Crippen LogP contribution is -2.45. The number of phosphoric ester groups is 1. The average molecular weight is 440 g/mol. The molecular formula is C16H18FN6O6P. The van der Waals surface area contributed by atoms with E-state index in [1.165, 1.54) is 19.1 Å². The zero-order valence-corrected chi connectivity index (χ0v) is 16.8. The predicted octanol–water partition coefficient (Wildman–Crippen LogP) is 1.88. The number of nitrogens with zero attached hydrogens (tertiary/aromatic N) is 4. The maximum absolute atomic E-state index is 14.1. The Bertz CT molecular complexity index is 1050. The number of rotatable bonds is 7. The van der Waals surface area contributed by atoms with Gasteiger partial charge in [0.15, 0.2) is 29.3 Å². The number of pyridine rings is 1. The summed E-state index contributed by atoms with van der Waals surface area (Å²) in [4.78, 5) is 43.1. The van der Waals surface area contributed by atoms with Gasteiger partial charge in [0, 0.05) is 5.70 Å². The van der Waals surface area contributed by atoms with E-state index < -0.39 is 32.4 Å². The second-order valence-electron chi connectivity index (χ2n) is 6.21. The minimum absolute atomic E-state index is 0.0636. The molecule has 0 bridgehead atoms. The van der Waals surface area contributed by atoms with Crippen molar-refractivity contribution in [3.05, 3.63) is 36.4 Å². The van der Waals surface area contributed by atoms with Crippen molar-refractivity contribution in [3.63, 3.8) is 0 Å². The molecule has 1 amide bonds. The van der Waals surface area contributed by atoms with Crippen molar-refractivity contribution in [2.45, 2.75) is 20.0 Å². The maximum Gasteiger partial charge on any atom is 0.471 e. The van der Waals surface area contributed by atoms with Crippen molar-refractivity contribution in [2.24, 2.45) is 0 Å². The molecule has 0 spiro atoms. The van der Waals surface area contributed by atoms with E-state index in [4.69, 9.17) is 14.5 Å². The van der Waals surface area contributed by atoms with Crippen LogP contribution >= 0.6 is 7.82 Å². The predicted molar refractivity (Wildman–Crippen MR) is 104 cm³/mol. The first-order valence-corrected chi connectivity index (χ1v) is 9.98. The fraction of sp³-hybridized carbons (Fsp3) is 0.250. The van der Waals surface area contributed by atoms with E-state index in [1.807, 2.05) is 0 Å². The van der Waals surface area contributed by atoms with Gasteiger partial charge in [0.25, 0.3) is 5.91 Å². The monoisotopic (exact) mass is 440 g/mol. The third-order valence-corrected chi connectivity index (χ3v) is 4.14. The van der Waals surface area contributed by atoms with Crippen molar-refractivity contribution >= 4 is 37.1 Å². The van der Waals surface area contributed by atoms with Crippen LogP contribution < -0.4 is 20.3 Å². The highest BCUT2D eigenvalue weighted by atomic mass is 31.2. The van der Waals surface area contributed by atoms with Gasteiger partial charge >= 0.3 is 7.82 Å². The fourth-order valence-corrected chi connectivity index (χ4v) is 2.71. The summed E-state index contributed by atoms with van der Waals surface area (Å²) < 4.78 is 35.0. The van der Waals surface area contributed by atoms with Crippen molar-refractivity contribution in [2.75, 3.05) is 22.3 Å². The maximum atomic E-state index is 14.1. The molecule has 2 aromatic heterocycles. The Kier molecular flexibility index (Phi) is 5.99. The molecule has 1 aliphatic rings. The number of halogens is 1. The van der Waals surface area contributed by atoms with E-state index in [0.717, 1.165) is 11.1 Å². The van der Waals surface area contributed by atoms with Crippen LogP contribution in [0.25, 0.3) is 0 Å². The molecule has 160 valence electrons. The first-order chi connectivity index (χ1) is 14.0. The number of hydrogen-bond acceptors (Lipinski definition) is 9. The first-order valence-electron chi connectivity index (χ1n) is 8.45. The van der Waals surface area contributed by atoms with Gasteiger partial charge in [-0.2, -0.15) is 4.98 Å². The molecule has 4 N–H and O–H groups in total. The number of aromatic nitrogens is 3. The molecule has 0 saturated heterocycles. The Hall–Kier alpha value is -3.12. The average Bonchev–Trinajstić information content (AvgIpc) is 2.64. The molecule has 0 aliphatic carbocycles. The highest BCUT2D eigenvalue weighted by molar-refractivity contribution is 7.46. The Morgan fingerprint density at radius 2 is 2.17 bits per heavy atom. The van der Waals surface area contributed by atoms with Crippen LogP contribution in [-0.4, -0.2) is 43.5 Å². The standard InChI is InChI=1S/C16H18FN6O6P/c1-8(2)19-16-18-6-10(17)13(22-16)20-12-5-4-11-14(21-12)23(7-28-30(25,26)27)15(24)9(3)29-11/h4-6,9H,1,7H2,2-3H3,(H2,25,26,27)(H2,18,19,20,21,22). The second-order valence-corrected chi connectivity index (χ2v) is 7.45. The number of carbonyl (C=O) groups excluding carboxylic acids is 1. The lowest BCUT2D eigenvalue weighted by molar-refractivity contribution is -0.126. The lowest BCUT2D eigenvalue weighted by atomic mass is 10.2. The molecule has 3 rings (SSSR count). The third-order valence-electron chi connectivity index (χ3n) is 3.68. The summed E-state index contributed by atoms with van der Waals surface area (Å²) >= 11 is 0. The van der Waals surface area contributed by atoms with Gasteiger partial charge in [-0.05, 0) is 26.0 Å². The molecule has 0 fully saturated rings. The number of phosphoric acid groups is 1. The fourth-order valence-electron chi connectivity index (χ4n) is 2.44. The zero-order valence-electron chi connectivity index (χ0n) is 15.9. The van der Waals surface area contributed by atoms with Crippen LogP contribution in [0.1, 0.15) is 13.8 Å². The number of carbonyl (C=O) groups is 1. The van der Waals surface area contributed by atoms with Crippen LogP contribution in [0.3, 0.4) is 0 Å². The van der Waals surface area contributed by atoms with Gasteiger partial charge in [0.1, 0.15) is 12.5 Å². The molecule has 1 unspecified atom stereocenters. The normalized spacial score (nSPS) is 16.0. The summed E-state index contributed by atoms with van der Waals surface area (Å²) in [6, 6.07) is 2.92. The molecule has 0 saturated carbocycles. The van der Waals surface area contributed by atoms with Gasteiger partial charge in [-0.3, -0.25) is 14.2 Å². The van der Waals surface area contributed by atoms with E-state index in [9.17, 15) is 13.8 Å². The largest absolute Gasteiger partial charge is 0.477 e. The minimum Gasteiger partial charge on any atom is -0.477 e. The molecule has 3 heterocycles. The lowest BCUT2D eigenvalue weighted by Gasteiger charge is -2.31. The number of nitrogens with one attached hydrogen (secondary N) is 2. The molecule has 1 atom stereocenters. The number of fused-ring (bicyclic) bond motifs is 1. The van der Waals surface area contributed by atoms with E-state index >= 15 is 0 Å². The Morgan fingerprint density at radius 1 is 1.43 bits per heavy atom. The van der Waals surface area contributed by atoms with Crippen LogP contribution in [0.15, 0.2) is 30.6 Å². The second kappa shape index (κ2) is 8.32. The topological polar surface area (TPSA) is 159 Å². The van der Waals surface area contributed by atoms with Crippen LogP contribution in [0.5, 0.6) is 5.75 Å². The number of hydrogen-bond donors (Lipinski definition) is 4. The van der Waals surface area contributed by atoms with Crippen LogP contribution in [0.4, 0.5) is 27.8 Å². The van der Waals surface area contributed by atoms with Gasteiger partial charge in [-0.1, -0.05) is 6.58 Å². The van der Waals surface area contributed by atoms with E-state index in [-0.39, 0.29) is 29.2 Å². The third kappa shape index (κ3) is 5.07. The number of amides is 1. The van der Waals surface area contributed by atoms with E-state index in [1.54, 1.807) is 6.92 Å². The Balaban J connectivity index is 1.91. The summed E-state index contributed by atoms with van der Waals surface area (Å²) in [5.74, 6) is -1.28. The van der Waals surface area contributed by atoms with Crippen molar-refractivity contribution < 1.29 is 32.8 Å². The van der Waals surface area contributed by atoms with Gasteiger partial charge < -0.3 is 25.2 Å². The number of ether oxygens (including phenoxy) is 1. The number of anilines is 4. The van der Waals surface area contributed by atoms with Crippen LogP contribution in [0.2, 0.25) is 0 Å². The first kappa shape index (κ1) is 21.6. The molecule has 2 aromatic rings. The Labute approximate surface area is 170 Å². The van der Waals surface area contributed by atoms with Gasteiger partial charge in [-0.25, -0.2) is 18.9 Å².